The van der Waals surface area contributed by atoms with Crippen molar-refractivity contribution in [2.75, 3.05) is 50.7 Å². The third-order valence-corrected chi connectivity index (χ3v) is 12.0. The smallest absolute Gasteiger partial charge is 0.393 e. The van der Waals surface area contributed by atoms with Gasteiger partial charge in [-0.3, -0.25) is 4.90 Å². The van der Waals surface area contributed by atoms with Gasteiger partial charge in [-0.15, -0.1) is 11.3 Å². The molecule has 0 amide bonds. The highest BCUT2D eigenvalue weighted by molar-refractivity contribution is 7.70. The number of hydrogen-bond acceptors (Lipinski definition) is 7. The summed E-state index contributed by atoms with van der Waals surface area (Å²) in [5, 5.41) is 7.67. The third kappa shape index (κ3) is 7.52. The van der Waals surface area contributed by atoms with E-state index in [0.29, 0.717) is 68.6 Å². The molecule has 2 bridgehead atoms. The Morgan fingerprint density at radius 1 is 1.11 bits per heavy atom. The number of benzene rings is 2. The number of nitrogens with one attached hydrogen (secondary N) is 2. The van der Waals surface area contributed by atoms with Crippen LogP contribution in [0.25, 0.3) is 10.1 Å². The molecule has 248 valence electrons. The van der Waals surface area contributed by atoms with Crippen LogP contribution in [0.15, 0.2) is 36.4 Å². The second-order valence-corrected chi connectivity index (χ2v) is 17.1. The zero-order chi connectivity index (χ0) is 32.6. The summed E-state index contributed by atoms with van der Waals surface area (Å²) in [7, 11) is -0.960. The molecule has 1 aromatic heterocycles. The minimum Gasteiger partial charge on any atom is -0.495 e. The zero-order valence-corrected chi connectivity index (χ0v) is 28.0. The average Bonchev–Trinajstić information content (AvgIpc) is 3.53. The number of ether oxygens (including phenoxy) is 2. The Labute approximate surface area is 271 Å². The Hall–Kier alpha value is -2.77. The summed E-state index contributed by atoms with van der Waals surface area (Å²) in [4.78, 5) is 2.60. The van der Waals surface area contributed by atoms with E-state index < -0.39 is 32.0 Å². The molecule has 3 fully saturated rings. The largest absolute Gasteiger partial charge is 0.495 e. The number of thiophene rings is 1. The normalized spacial score (nSPS) is 25.2. The predicted octanol–water partition coefficient (Wildman–Crippen LogP) is 7.26. The molecule has 4 unspecified atom stereocenters. The first kappa shape index (κ1) is 33.1. The molecule has 6 nitrogen and oxygen atoms in total. The molecular weight excluding hydrogens is 637 g/mol. The maximum absolute atomic E-state index is 15.6. The minimum absolute atomic E-state index is 0.132. The summed E-state index contributed by atoms with van der Waals surface area (Å²) < 4.78 is 81.3. The van der Waals surface area contributed by atoms with Crippen molar-refractivity contribution >= 4 is 45.2 Å². The molecule has 0 radical (unpaired) electrons. The lowest BCUT2D eigenvalue weighted by Crippen LogP contribution is -2.53. The van der Waals surface area contributed by atoms with Crippen LogP contribution in [0.5, 0.6) is 5.75 Å². The van der Waals surface area contributed by atoms with Gasteiger partial charge in [0.25, 0.3) is 0 Å². The van der Waals surface area contributed by atoms with Crippen LogP contribution >= 0.6 is 18.5 Å². The highest BCUT2D eigenvalue weighted by Crippen LogP contribution is 2.41. The first-order valence-corrected chi connectivity index (χ1v) is 19.2. The second kappa shape index (κ2) is 13.4. The van der Waals surface area contributed by atoms with E-state index in [4.69, 9.17) is 9.47 Å². The van der Waals surface area contributed by atoms with E-state index in [2.05, 4.69) is 27.4 Å². The summed E-state index contributed by atoms with van der Waals surface area (Å²) in [6.07, 6.45) is -1.33. The summed E-state index contributed by atoms with van der Waals surface area (Å²) >= 11 is 1.20. The van der Waals surface area contributed by atoms with Gasteiger partial charge >= 0.3 is 6.18 Å². The fourth-order valence-electron chi connectivity index (χ4n) is 6.94. The SMILES string of the molecule is COc1cc(P(C)(C)=O)ccc1NCC#Cc1sc2c(NC3CCN(C4CC5CCC(C4)O5)CC3F)cccc2c1CC(F)(F)F. The Morgan fingerprint density at radius 3 is 2.54 bits per heavy atom. The van der Waals surface area contributed by atoms with Crippen molar-refractivity contribution in [3.8, 4) is 17.6 Å². The van der Waals surface area contributed by atoms with Crippen LogP contribution in [0.3, 0.4) is 0 Å². The van der Waals surface area contributed by atoms with Crippen molar-refractivity contribution in [2.24, 2.45) is 0 Å². The Morgan fingerprint density at radius 2 is 1.87 bits per heavy atom. The molecule has 3 aromatic rings. The number of nitrogens with zero attached hydrogens (tertiary/aromatic N) is 1. The lowest BCUT2D eigenvalue weighted by atomic mass is 9.96. The summed E-state index contributed by atoms with van der Waals surface area (Å²) in [5.41, 5.74) is 1.41. The number of alkyl halides is 4. The maximum atomic E-state index is 15.6. The Kier molecular flexibility index (Phi) is 9.65. The monoisotopic (exact) mass is 677 g/mol. The van der Waals surface area contributed by atoms with E-state index in [0.717, 1.165) is 32.2 Å². The highest BCUT2D eigenvalue weighted by atomic mass is 32.1. The standard InChI is InChI=1S/C34H40F4N3O3PS/c1-43-31-18-24(45(2,3)42)11-12-29(31)39-14-5-8-32-26(19-34(36,37)38)25-6-4-7-30(33(25)46-32)40-28-13-15-41(20-27(28)35)21-16-22-9-10-23(17-21)44-22/h4,6-7,11-12,18,21-23,27-28,39-40H,9-10,13-17,19-20H2,1-3H3. The van der Waals surface area contributed by atoms with Crippen LogP contribution in [0, 0.1) is 11.8 Å². The van der Waals surface area contributed by atoms with Crippen LogP contribution in [0.2, 0.25) is 0 Å². The summed E-state index contributed by atoms with van der Waals surface area (Å²) in [6, 6.07) is 10.4. The summed E-state index contributed by atoms with van der Waals surface area (Å²) in [5.74, 6) is 6.44. The molecule has 4 heterocycles. The number of likely N-dealkylation sites (tertiary alicyclic amines) is 1. The molecule has 0 saturated carbocycles. The molecule has 3 aliphatic rings. The number of hydrogen-bond donors (Lipinski definition) is 2. The summed E-state index contributed by atoms with van der Waals surface area (Å²) in [6.45, 7) is 4.64. The second-order valence-electron chi connectivity index (χ2n) is 12.9. The van der Waals surface area contributed by atoms with Gasteiger partial charge in [-0.05, 0) is 80.6 Å². The molecule has 12 heteroatoms. The quantitative estimate of drug-likeness (QED) is 0.149. The number of halogens is 4. The van der Waals surface area contributed by atoms with E-state index >= 15 is 4.39 Å². The number of methoxy groups -OCH3 is 1. The van der Waals surface area contributed by atoms with Gasteiger partial charge in [-0.1, -0.05) is 24.0 Å². The fraction of sp³-hybridized carbons (Fsp3) is 0.529. The van der Waals surface area contributed by atoms with Gasteiger partial charge in [-0.2, -0.15) is 13.2 Å². The van der Waals surface area contributed by atoms with Gasteiger partial charge in [0.05, 0.1) is 59.3 Å². The third-order valence-electron chi connectivity index (χ3n) is 9.27. The maximum Gasteiger partial charge on any atom is 0.393 e. The van der Waals surface area contributed by atoms with Crippen LogP contribution in [-0.4, -0.2) is 81.6 Å². The van der Waals surface area contributed by atoms with E-state index in [9.17, 15) is 17.7 Å². The van der Waals surface area contributed by atoms with Crippen LogP contribution in [0.4, 0.5) is 28.9 Å². The highest BCUT2D eigenvalue weighted by Gasteiger charge is 2.40. The zero-order valence-electron chi connectivity index (χ0n) is 26.3. The molecule has 2 N–H and O–H groups in total. The minimum atomic E-state index is -4.42. The number of rotatable bonds is 8. The van der Waals surface area contributed by atoms with Gasteiger partial charge in [0.1, 0.15) is 19.1 Å². The van der Waals surface area contributed by atoms with Crippen molar-refractivity contribution in [1.29, 1.82) is 0 Å². The number of anilines is 2. The van der Waals surface area contributed by atoms with Gasteiger partial charge in [0, 0.05) is 24.4 Å². The molecule has 0 spiro atoms. The molecule has 0 aliphatic carbocycles. The predicted molar refractivity (Wildman–Crippen MR) is 178 cm³/mol. The first-order valence-electron chi connectivity index (χ1n) is 15.8. The fourth-order valence-corrected chi connectivity index (χ4v) is 8.97. The van der Waals surface area contributed by atoms with E-state index in [1.165, 1.54) is 18.4 Å². The van der Waals surface area contributed by atoms with Crippen molar-refractivity contribution in [3.05, 3.63) is 46.8 Å². The van der Waals surface area contributed by atoms with Crippen molar-refractivity contribution in [2.45, 2.75) is 75.2 Å². The lowest BCUT2D eigenvalue weighted by molar-refractivity contribution is -0.126. The van der Waals surface area contributed by atoms with E-state index in [-0.39, 0.29) is 12.1 Å². The van der Waals surface area contributed by atoms with Crippen molar-refractivity contribution in [3.63, 3.8) is 0 Å². The van der Waals surface area contributed by atoms with Gasteiger partial charge < -0.3 is 24.7 Å². The Balaban J connectivity index is 1.18. The topological polar surface area (TPSA) is 62.8 Å². The lowest BCUT2D eigenvalue weighted by Gasteiger charge is -2.42. The van der Waals surface area contributed by atoms with Crippen molar-refractivity contribution in [1.82, 2.24) is 4.90 Å². The van der Waals surface area contributed by atoms with E-state index in [1.807, 2.05) is 6.07 Å². The molecule has 2 aromatic carbocycles. The Bertz CT molecular complexity index is 1670. The van der Waals surface area contributed by atoms with Gasteiger partial charge in [0.2, 0.25) is 0 Å². The molecular formula is C34H40F4N3O3PS. The van der Waals surface area contributed by atoms with Crippen LogP contribution in [0.1, 0.15) is 42.5 Å². The van der Waals surface area contributed by atoms with Crippen LogP contribution < -0.4 is 20.7 Å². The van der Waals surface area contributed by atoms with Gasteiger partial charge in [0.15, 0.2) is 0 Å². The first-order chi connectivity index (χ1) is 21.9. The van der Waals surface area contributed by atoms with Gasteiger partial charge in [-0.25, -0.2) is 4.39 Å². The molecule has 6 rings (SSSR count). The van der Waals surface area contributed by atoms with Crippen molar-refractivity contribution < 1.29 is 31.6 Å². The molecule has 46 heavy (non-hydrogen) atoms. The average molecular weight is 678 g/mol. The molecule has 3 aliphatic heterocycles. The molecule has 4 atom stereocenters. The van der Waals surface area contributed by atoms with Crippen LogP contribution in [-0.2, 0) is 15.7 Å². The van der Waals surface area contributed by atoms with E-state index in [1.54, 1.807) is 43.7 Å². The number of piperidine rings is 1. The molecule has 3 saturated heterocycles. The number of fused-ring (bicyclic) bond motifs is 3.